The van der Waals surface area contributed by atoms with Crippen LogP contribution in [0, 0.1) is 0 Å². The normalized spacial score (nSPS) is 9.73. The zero-order valence-electron chi connectivity index (χ0n) is 7.68. The molecule has 0 aliphatic heterocycles. The number of aromatic nitrogens is 2. The molecule has 2 rings (SSSR count). The Morgan fingerprint density at radius 2 is 2.07 bits per heavy atom. The molecule has 4 nitrogen and oxygen atoms in total. The second kappa shape index (κ2) is 5.11. The minimum atomic E-state index is 0. The fraction of sp³-hybridized carbons (Fsp3) is 0.111. The quantitative estimate of drug-likeness (QED) is 0.882. The maximum absolute atomic E-state index is 5.96. The molecule has 1 aromatic heterocycles. The summed E-state index contributed by atoms with van der Waals surface area (Å²) in [4.78, 5) is 4.07. The van der Waals surface area contributed by atoms with Crippen molar-refractivity contribution in [3.05, 3.63) is 35.2 Å². The average Bonchev–Trinajstić information content (AvgIpc) is 2.67. The van der Waals surface area contributed by atoms with Crippen LogP contribution in [-0.2, 0) is 6.54 Å². The van der Waals surface area contributed by atoms with Crippen LogP contribution < -0.4 is 5.73 Å². The summed E-state index contributed by atoms with van der Waals surface area (Å²) < 4.78 is 4.88. The molecule has 0 fully saturated rings. The van der Waals surface area contributed by atoms with E-state index in [-0.39, 0.29) is 19.0 Å². The predicted octanol–water partition coefficient (Wildman–Crippen LogP) is 2.27. The number of hydrogen-bond donors (Lipinski definition) is 1. The lowest BCUT2D eigenvalue weighted by Gasteiger charge is -1.95. The van der Waals surface area contributed by atoms with E-state index in [1.54, 1.807) is 6.07 Å². The summed E-state index contributed by atoms with van der Waals surface area (Å²) >= 11 is 5.96. The molecule has 0 aliphatic rings. The van der Waals surface area contributed by atoms with Crippen LogP contribution in [0.2, 0.25) is 5.02 Å². The van der Waals surface area contributed by atoms with Gasteiger partial charge in [-0.3, -0.25) is 0 Å². The highest BCUT2D eigenvalue weighted by atomic mass is 35.5. The highest BCUT2D eigenvalue weighted by molar-refractivity contribution is 6.33. The third-order valence-corrected chi connectivity index (χ3v) is 2.09. The Labute approximate surface area is 97.8 Å². The van der Waals surface area contributed by atoms with Gasteiger partial charge in [0.15, 0.2) is 0 Å². The van der Waals surface area contributed by atoms with Crippen molar-refractivity contribution < 1.29 is 4.52 Å². The topological polar surface area (TPSA) is 64.9 Å². The van der Waals surface area contributed by atoms with E-state index in [2.05, 4.69) is 10.1 Å². The SMILES string of the molecule is Cl.NCc1nc(-c2ccccc2Cl)no1. The van der Waals surface area contributed by atoms with Crippen LogP contribution in [0.4, 0.5) is 0 Å². The maximum Gasteiger partial charge on any atom is 0.240 e. The third kappa shape index (κ3) is 2.47. The van der Waals surface area contributed by atoms with Gasteiger partial charge < -0.3 is 10.3 Å². The van der Waals surface area contributed by atoms with Gasteiger partial charge >= 0.3 is 0 Å². The van der Waals surface area contributed by atoms with Crippen molar-refractivity contribution in [3.8, 4) is 11.4 Å². The van der Waals surface area contributed by atoms with Gasteiger partial charge in [-0.25, -0.2) is 0 Å². The van der Waals surface area contributed by atoms with Gasteiger partial charge in [-0.2, -0.15) is 4.98 Å². The zero-order chi connectivity index (χ0) is 9.97. The van der Waals surface area contributed by atoms with E-state index >= 15 is 0 Å². The van der Waals surface area contributed by atoms with Crippen LogP contribution in [0.1, 0.15) is 5.89 Å². The first-order valence-corrected chi connectivity index (χ1v) is 4.46. The molecule has 0 spiro atoms. The lowest BCUT2D eigenvalue weighted by molar-refractivity contribution is 0.380. The van der Waals surface area contributed by atoms with Crippen LogP contribution in [-0.4, -0.2) is 10.1 Å². The molecule has 6 heteroatoms. The Hall–Kier alpha value is -1.10. The second-order valence-corrected chi connectivity index (χ2v) is 3.10. The summed E-state index contributed by atoms with van der Waals surface area (Å²) in [5, 5.41) is 4.36. The fourth-order valence-corrected chi connectivity index (χ4v) is 1.31. The molecule has 80 valence electrons. The molecular weight excluding hydrogens is 237 g/mol. The van der Waals surface area contributed by atoms with Crippen molar-refractivity contribution in [1.82, 2.24) is 10.1 Å². The van der Waals surface area contributed by atoms with Crippen LogP contribution in [0.3, 0.4) is 0 Å². The van der Waals surface area contributed by atoms with Crippen molar-refractivity contribution in [2.75, 3.05) is 0 Å². The molecule has 0 unspecified atom stereocenters. The van der Waals surface area contributed by atoms with Crippen molar-refractivity contribution in [2.45, 2.75) is 6.54 Å². The zero-order valence-corrected chi connectivity index (χ0v) is 9.26. The minimum absolute atomic E-state index is 0. The highest BCUT2D eigenvalue weighted by Gasteiger charge is 2.09. The average molecular weight is 246 g/mol. The molecule has 0 amide bonds. The predicted molar refractivity (Wildman–Crippen MR) is 59.9 cm³/mol. The molecule has 1 aromatic carbocycles. The first-order valence-electron chi connectivity index (χ1n) is 4.09. The molecule has 2 N–H and O–H groups in total. The van der Waals surface area contributed by atoms with Gasteiger partial charge in [0.05, 0.1) is 11.6 Å². The van der Waals surface area contributed by atoms with Gasteiger partial charge in [0.2, 0.25) is 11.7 Å². The molecule has 0 radical (unpaired) electrons. The molecule has 0 atom stereocenters. The van der Waals surface area contributed by atoms with E-state index < -0.39 is 0 Å². The summed E-state index contributed by atoms with van der Waals surface area (Å²) in [5.41, 5.74) is 6.10. The molecule has 0 saturated heterocycles. The van der Waals surface area contributed by atoms with Crippen molar-refractivity contribution in [3.63, 3.8) is 0 Å². The van der Waals surface area contributed by atoms with E-state index in [1.165, 1.54) is 0 Å². The first-order chi connectivity index (χ1) is 6.81. The smallest absolute Gasteiger partial charge is 0.240 e. The number of benzene rings is 1. The maximum atomic E-state index is 5.96. The molecule has 2 aromatic rings. The summed E-state index contributed by atoms with van der Waals surface area (Å²) in [6.45, 7) is 0.234. The Morgan fingerprint density at radius 3 is 2.67 bits per heavy atom. The number of nitrogens with two attached hydrogens (primary N) is 1. The Kier molecular flexibility index (Phi) is 4.08. The number of hydrogen-bond acceptors (Lipinski definition) is 4. The molecule has 0 aliphatic carbocycles. The van der Waals surface area contributed by atoms with E-state index in [4.69, 9.17) is 21.9 Å². The van der Waals surface area contributed by atoms with Crippen molar-refractivity contribution in [2.24, 2.45) is 5.73 Å². The summed E-state index contributed by atoms with van der Waals surface area (Å²) in [5.74, 6) is 0.871. The van der Waals surface area contributed by atoms with Gasteiger partial charge in [0.1, 0.15) is 0 Å². The lowest BCUT2D eigenvalue weighted by atomic mass is 10.2. The summed E-state index contributed by atoms with van der Waals surface area (Å²) in [7, 11) is 0. The summed E-state index contributed by atoms with van der Waals surface area (Å²) in [6, 6.07) is 7.30. The van der Waals surface area contributed by atoms with Crippen LogP contribution in [0.25, 0.3) is 11.4 Å². The molecule has 1 heterocycles. The Morgan fingerprint density at radius 1 is 1.33 bits per heavy atom. The van der Waals surface area contributed by atoms with Crippen LogP contribution in [0.5, 0.6) is 0 Å². The van der Waals surface area contributed by atoms with Gasteiger partial charge in [-0.05, 0) is 12.1 Å². The number of rotatable bonds is 2. The number of nitrogens with zero attached hydrogens (tertiary/aromatic N) is 2. The standard InChI is InChI=1S/C9H8ClN3O.ClH/c10-7-4-2-1-3-6(7)9-12-8(5-11)14-13-9;/h1-4H,5,11H2;1H. The Bertz CT molecular complexity index is 444. The Balaban J connectivity index is 0.00000112. The molecule has 0 saturated carbocycles. The largest absolute Gasteiger partial charge is 0.338 e. The molecular formula is C9H9Cl2N3O. The van der Waals surface area contributed by atoms with Gasteiger partial charge in [-0.1, -0.05) is 28.9 Å². The number of halogens is 2. The summed E-state index contributed by atoms with van der Waals surface area (Å²) in [6.07, 6.45) is 0. The van der Waals surface area contributed by atoms with Crippen LogP contribution in [0.15, 0.2) is 28.8 Å². The van der Waals surface area contributed by atoms with Gasteiger partial charge in [0.25, 0.3) is 0 Å². The van der Waals surface area contributed by atoms with Crippen LogP contribution >= 0.6 is 24.0 Å². The van der Waals surface area contributed by atoms with Crippen molar-refractivity contribution >= 4 is 24.0 Å². The van der Waals surface area contributed by atoms with E-state index in [0.29, 0.717) is 16.7 Å². The highest BCUT2D eigenvalue weighted by Crippen LogP contribution is 2.24. The van der Waals surface area contributed by atoms with Crippen molar-refractivity contribution in [1.29, 1.82) is 0 Å². The fourth-order valence-electron chi connectivity index (χ4n) is 1.09. The second-order valence-electron chi connectivity index (χ2n) is 2.70. The minimum Gasteiger partial charge on any atom is -0.338 e. The third-order valence-electron chi connectivity index (χ3n) is 1.76. The lowest BCUT2D eigenvalue weighted by Crippen LogP contribution is -1.95. The van der Waals surface area contributed by atoms with Gasteiger partial charge in [-0.15, -0.1) is 12.4 Å². The van der Waals surface area contributed by atoms with E-state index in [1.807, 2.05) is 18.2 Å². The van der Waals surface area contributed by atoms with Gasteiger partial charge in [0, 0.05) is 5.56 Å². The monoisotopic (exact) mass is 245 g/mol. The first kappa shape index (κ1) is 12.0. The molecule has 0 bridgehead atoms. The van der Waals surface area contributed by atoms with E-state index in [9.17, 15) is 0 Å². The van der Waals surface area contributed by atoms with E-state index in [0.717, 1.165) is 5.56 Å². The molecule has 15 heavy (non-hydrogen) atoms.